The van der Waals surface area contributed by atoms with Crippen LogP contribution in [0.1, 0.15) is 27.9 Å². The lowest BCUT2D eigenvalue weighted by molar-refractivity contribution is 0.0951. The molecule has 1 amide bonds. The van der Waals surface area contributed by atoms with Crippen molar-refractivity contribution < 1.29 is 13.6 Å². The molecule has 1 aliphatic heterocycles. The summed E-state index contributed by atoms with van der Waals surface area (Å²) in [5, 5.41) is 7.14. The van der Waals surface area contributed by atoms with Crippen LogP contribution in [0.3, 0.4) is 0 Å². The lowest BCUT2D eigenvalue weighted by atomic mass is 10.1. The zero-order valence-electron chi connectivity index (χ0n) is 19.3. The second-order valence-electron chi connectivity index (χ2n) is 8.40. The molecule has 1 atom stereocenters. The van der Waals surface area contributed by atoms with Gasteiger partial charge in [-0.3, -0.25) is 4.79 Å². The number of hydrogen-bond donors (Lipinski definition) is 3. The number of carbonyl (C=O) groups is 1. The second-order valence-corrected chi connectivity index (χ2v) is 11.0. The number of fused-ring (bicyclic) bond motifs is 1. The first-order chi connectivity index (χ1) is 17.9. The SMILES string of the molecule is Nc1ncnc2ccc(C3=CCC(CNc4ncc(I)cc4C(=O)NCc4ccc(F)c(F)c4)S3)cc12. The van der Waals surface area contributed by atoms with Crippen molar-refractivity contribution in [1.82, 2.24) is 20.3 Å². The van der Waals surface area contributed by atoms with E-state index in [4.69, 9.17) is 5.73 Å². The van der Waals surface area contributed by atoms with E-state index in [0.29, 0.717) is 29.3 Å². The molecule has 37 heavy (non-hydrogen) atoms. The zero-order valence-corrected chi connectivity index (χ0v) is 22.3. The van der Waals surface area contributed by atoms with E-state index >= 15 is 0 Å². The minimum Gasteiger partial charge on any atom is -0.383 e. The summed E-state index contributed by atoms with van der Waals surface area (Å²) in [5.41, 5.74) is 8.73. The van der Waals surface area contributed by atoms with Crippen LogP contribution in [0.25, 0.3) is 15.8 Å². The lowest BCUT2D eigenvalue weighted by Gasteiger charge is -2.15. The third-order valence-corrected chi connectivity index (χ3v) is 7.78. The van der Waals surface area contributed by atoms with Gasteiger partial charge in [0.1, 0.15) is 18.0 Å². The molecule has 3 heterocycles. The van der Waals surface area contributed by atoms with E-state index in [1.807, 2.05) is 18.2 Å². The molecule has 188 valence electrons. The van der Waals surface area contributed by atoms with E-state index in [2.05, 4.69) is 54.3 Å². The van der Waals surface area contributed by atoms with Crippen LogP contribution in [0.4, 0.5) is 20.4 Å². The number of benzene rings is 2. The summed E-state index contributed by atoms with van der Waals surface area (Å²) in [4.78, 5) is 26.8. The maximum absolute atomic E-state index is 13.5. The van der Waals surface area contributed by atoms with Crippen LogP contribution < -0.4 is 16.4 Å². The van der Waals surface area contributed by atoms with Crippen molar-refractivity contribution >= 4 is 67.7 Å². The number of hydrogen-bond acceptors (Lipinski definition) is 7. The fourth-order valence-corrected chi connectivity index (χ4v) is 5.57. The summed E-state index contributed by atoms with van der Waals surface area (Å²) in [6.07, 6.45) is 6.18. The lowest BCUT2D eigenvalue weighted by Crippen LogP contribution is -2.25. The number of carbonyl (C=O) groups excluding carboxylic acids is 1. The van der Waals surface area contributed by atoms with E-state index in [9.17, 15) is 13.6 Å². The van der Waals surface area contributed by atoms with Gasteiger partial charge in [-0.25, -0.2) is 23.7 Å². The molecule has 0 radical (unpaired) electrons. The Morgan fingerprint density at radius 2 is 1.97 bits per heavy atom. The summed E-state index contributed by atoms with van der Waals surface area (Å²) >= 11 is 3.84. The number of allylic oxidation sites excluding steroid dienone is 1. The van der Waals surface area contributed by atoms with E-state index in [1.54, 1.807) is 24.0 Å². The van der Waals surface area contributed by atoms with Gasteiger partial charge < -0.3 is 16.4 Å². The average Bonchev–Trinajstić information content (AvgIpc) is 3.37. The summed E-state index contributed by atoms with van der Waals surface area (Å²) in [6, 6.07) is 11.3. The highest BCUT2D eigenvalue weighted by atomic mass is 127. The highest BCUT2D eigenvalue weighted by Crippen LogP contribution is 2.40. The largest absolute Gasteiger partial charge is 0.383 e. The molecule has 0 spiro atoms. The van der Waals surface area contributed by atoms with Crippen molar-refractivity contribution in [3.63, 3.8) is 0 Å². The number of anilines is 2. The first-order valence-corrected chi connectivity index (χ1v) is 13.3. The molecule has 1 unspecified atom stereocenters. The molecular formula is C26H21F2IN6OS. The van der Waals surface area contributed by atoms with Gasteiger partial charge in [-0.05, 0) is 70.5 Å². The van der Waals surface area contributed by atoms with Crippen LogP contribution in [-0.4, -0.2) is 32.7 Å². The van der Waals surface area contributed by atoms with E-state index < -0.39 is 11.6 Å². The Morgan fingerprint density at radius 1 is 1.11 bits per heavy atom. The number of nitrogens with two attached hydrogens (primary N) is 1. The molecule has 4 aromatic rings. The van der Waals surface area contributed by atoms with Crippen molar-refractivity contribution in [2.75, 3.05) is 17.6 Å². The summed E-state index contributed by atoms with van der Waals surface area (Å²) in [6.45, 7) is 0.661. The van der Waals surface area contributed by atoms with Gasteiger partial charge in [0, 0.05) is 38.4 Å². The fraction of sp³-hybridized carbons (Fsp3) is 0.154. The molecule has 2 aromatic heterocycles. The number of nitrogens with zero attached hydrogens (tertiary/aromatic N) is 3. The zero-order chi connectivity index (χ0) is 25.9. The molecule has 4 N–H and O–H groups in total. The van der Waals surface area contributed by atoms with Crippen LogP contribution in [0.2, 0.25) is 0 Å². The maximum atomic E-state index is 13.5. The van der Waals surface area contributed by atoms with Gasteiger partial charge in [-0.15, -0.1) is 11.8 Å². The number of aromatic nitrogens is 3. The summed E-state index contributed by atoms with van der Waals surface area (Å²) in [7, 11) is 0. The molecule has 1 aliphatic rings. The molecule has 7 nitrogen and oxygen atoms in total. The number of halogens is 3. The number of thioether (sulfide) groups is 1. The molecule has 0 bridgehead atoms. The molecule has 2 aromatic carbocycles. The van der Waals surface area contributed by atoms with Gasteiger partial charge in [-0.2, -0.15) is 0 Å². The third-order valence-electron chi connectivity index (χ3n) is 5.84. The standard InChI is InChI=1S/C26H21F2IN6OS/c27-20-4-1-14(7-21(20)28)10-33-26(36)19-9-16(29)11-31-25(19)32-12-17-3-6-23(37-17)15-2-5-22-18(8-15)24(30)35-13-34-22/h1-2,4-9,11,13,17H,3,10,12H2,(H,31,32)(H,33,36)(H2,30,34,35). The Morgan fingerprint density at radius 3 is 2.81 bits per heavy atom. The van der Waals surface area contributed by atoms with Crippen molar-refractivity contribution in [3.05, 3.63) is 93.0 Å². The number of rotatable bonds is 7. The molecule has 0 fully saturated rings. The van der Waals surface area contributed by atoms with Crippen LogP contribution in [-0.2, 0) is 6.54 Å². The molecule has 11 heteroatoms. The molecule has 5 rings (SSSR count). The summed E-state index contributed by atoms with van der Waals surface area (Å²) in [5.74, 6) is -1.31. The smallest absolute Gasteiger partial charge is 0.255 e. The topological polar surface area (TPSA) is 106 Å². The monoisotopic (exact) mass is 630 g/mol. The minimum absolute atomic E-state index is 0.0635. The Balaban J connectivity index is 1.22. The van der Waals surface area contributed by atoms with Crippen molar-refractivity contribution in [1.29, 1.82) is 0 Å². The third kappa shape index (κ3) is 5.82. The molecule has 0 aliphatic carbocycles. The van der Waals surface area contributed by atoms with Gasteiger partial charge in [0.15, 0.2) is 11.6 Å². The molecule has 0 saturated carbocycles. The summed E-state index contributed by atoms with van der Waals surface area (Å²) < 4.78 is 27.5. The average molecular weight is 630 g/mol. The minimum atomic E-state index is -0.951. The Bertz CT molecular complexity index is 1530. The van der Waals surface area contributed by atoms with Crippen LogP contribution >= 0.6 is 34.4 Å². The number of pyridine rings is 1. The first kappa shape index (κ1) is 25.3. The van der Waals surface area contributed by atoms with Gasteiger partial charge in [0.05, 0.1) is 11.1 Å². The Labute approximate surface area is 229 Å². The van der Waals surface area contributed by atoms with Crippen LogP contribution in [0.15, 0.2) is 61.1 Å². The van der Waals surface area contributed by atoms with Crippen LogP contribution in [0, 0.1) is 15.2 Å². The predicted octanol–water partition coefficient (Wildman–Crippen LogP) is 5.38. The van der Waals surface area contributed by atoms with Gasteiger partial charge in [0.2, 0.25) is 0 Å². The normalized spacial score (nSPS) is 15.0. The fourth-order valence-electron chi connectivity index (χ4n) is 3.95. The second kappa shape index (κ2) is 11.0. The Kier molecular flexibility index (Phi) is 7.51. The van der Waals surface area contributed by atoms with Crippen molar-refractivity contribution in [3.8, 4) is 0 Å². The van der Waals surface area contributed by atoms with Gasteiger partial charge >= 0.3 is 0 Å². The van der Waals surface area contributed by atoms with E-state index in [0.717, 1.165) is 43.5 Å². The quantitative estimate of drug-likeness (QED) is 0.236. The van der Waals surface area contributed by atoms with Gasteiger partial charge in [0.25, 0.3) is 5.91 Å². The highest BCUT2D eigenvalue weighted by molar-refractivity contribution is 14.1. The number of nitrogens with one attached hydrogen (secondary N) is 2. The maximum Gasteiger partial charge on any atom is 0.255 e. The predicted molar refractivity (Wildman–Crippen MR) is 151 cm³/mol. The van der Waals surface area contributed by atoms with Crippen LogP contribution in [0.5, 0.6) is 0 Å². The molecular weight excluding hydrogens is 609 g/mol. The highest BCUT2D eigenvalue weighted by Gasteiger charge is 2.21. The number of nitrogen functional groups attached to an aromatic ring is 1. The van der Waals surface area contributed by atoms with Gasteiger partial charge in [-0.1, -0.05) is 18.2 Å². The van der Waals surface area contributed by atoms with Crippen molar-refractivity contribution in [2.24, 2.45) is 0 Å². The van der Waals surface area contributed by atoms with E-state index in [1.165, 1.54) is 12.4 Å². The first-order valence-electron chi connectivity index (χ1n) is 11.4. The molecule has 0 saturated heterocycles. The van der Waals surface area contributed by atoms with Crippen molar-refractivity contribution in [2.45, 2.75) is 18.2 Å². The number of amides is 1. The van der Waals surface area contributed by atoms with E-state index in [-0.39, 0.29) is 17.7 Å². The Hall–Kier alpha value is -3.32.